The maximum absolute atomic E-state index is 9.86. The van der Waals surface area contributed by atoms with Gasteiger partial charge in [0, 0.05) is 54.5 Å². The fourth-order valence-electron chi connectivity index (χ4n) is 7.15. The fraction of sp³-hybridized carbons (Fsp3) is 0.690. The summed E-state index contributed by atoms with van der Waals surface area (Å²) in [4.78, 5) is 18.9. The number of fused-ring (bicyclic) bond motifs is 2. The Labute approximate surface area is 225 Å². The number of hydrogen-bond donors (Lipinski definition) is 1. The van der Waals surface area contributed by atoms with Gasteiger partial charge in [-0.15, -0.1) is 11.3 Å². The summed E-state index contributed by atoms with van der Waals surface area (Å²) in [7, 11) is 4.41. The molecule has 4 aliphatic rings. The quantitative estimate of drug-likeness (QED) is 0.590. The zero-order valence-electron chi connectivity index (χ0n) is 22.9. The average Bonchev–Trinajstić information content (AvgIpc) is 3.56. The van der Waals surface area contributed by atoms with Crippen LogP contribution in [-0.2, 0) is 18.3 Å². The first kappa shape index (κ1) is 24.9. The van der Waals surface area contributed by atoms with Crippen LogP contribution in [0, 0.1) is 16.7 Å². The van der Waals surface area contributed by atoms with E-state index in [-0.39, 0.29) is 5.41 Å². The minimum absolute atomic E-state index is 0.0359. The molecule has 0 amide bonds. The van der Waals surface area contributed by atoms with Crippen LogP contribution < -0.4 is 15.5 Å². The number of nitrogens with two attached hydrogens (primary N) is 1. The van der Waals surface area contributed by atoms with Crippen LogP contribution in [0.15, 0.2) is 6.07 Å². The van der Waals surface area contributed by atoms with Crippen LogP contribution in [0.25, 0.3) is 0 Å². The SMILES string of the molecule is CN(C)C1(CCc2nc(N3CCCC(C)(C)C3)cc(N3CC4(CCCc5sc(N)c(C#N)c54)C3)n2)CC1. The lowest BCUT2D eigenvalue weighted by Gasteiger charge is -2.53. The number of thiophene rings is 1. The molecule has 7 nitrogen and oxygen atoms in total. The van der Waals surface area contributed by atoms with Gasteiger partial charge in [-0.05, 0) is 76.4 Å². The van der Waals surface area contributed by atoms with Crippen molar-refractivity contribution in [3.63, 3.8) is 0 Å². The Balaban J connectivity index is 1.29. The smallest absolute Gasteiger partial charge is 0.134 e. The van der Waals surface area contributed by atoms with E-state index in [9.17, 15) is 5.26 Å². The van der Waals surface area contributed by atoms with E-state index in [2.05, 4.69) is 54.8 Å². The summed E-state index contributed by atoms with van der Waals surface area (Å²) in [6.07, 6.45) is 10.4. The predicted molar refractivity (Wildman–Crippen MR) is 152 cm³/mol. The maximum Gasteiger partial charge on any atom is 0.134 e. The normalized spacial score (nSPS) is 23.0. The predicted octanol–water partition coefficient (Wildman–Crippen LogP) is 4.74. The summed E-state index contributed by atoms with van der Waals surface area (Å²) in [5, 5.41) is 10.6. The van der Waals surface area contributed by atoms with Crippen molar-refractivity contribution < 1.29 is 0 Å². The van der Waals surface area contributed by atoms with Gasteiger partial charge in [-0.3, -0.25) is 0 Å². The van der Waals surface area contributed by atoms with Gasteiger partial charge in [0.25, 0.3) is 0 Å². The van der Waals surface area contributed by atoms with Gasteiger partial charge >= 0.3 is 0 Å². The molecule has 37 heavy (non-hydrogen) atoms. The Kier molecular flexibility index (Phi) is 5.96. The number of rotatable bonds is 6. The van der Waals surface area contributed by atoms with Crippen molar-refractivity contribution >= 4 is 28.0 Å². The van der Waals surface area contributed by atoms with Crippen molar-refractivity contribution in [2.24, 2.45) is 5.41 Å². The number of nitrogen functional groups attached to an aromatic ring is 1. The minimum Gasteiger partial charge on any atom is -0.389 e. The first-order chi connectivity index (χ1) is 17.6. The van der Waals surface area contributed by atoms with Crippen LogP contribution in [0.2, 0.25) is 0 Å². The van der Waals surface area contributed by atoms with E-state index in [1.165, 1.54) is 42.5 Å². The molecule has 0 unspecified atom stereocenters. The third-order valence-corrected chi connectivity index (χ3v) is 10.7. The number of hydrogen-bond acceptors (Lipinski definition) is 8. The first-order valence-electron chi connectivity index (χ1n) is 14.0. The fourth-order valence-corrected chi connectivity index (χ4v) is 8.34. The van der Waals surface area contributed by atoms with E-state index < -0.39 is 0 Å². The third-order valence-electron chi connectivity index (χ3n) is 9.58. The Hall–Kier alpha value is -2.37. The Morgan fingerprint density at radius 1 is 1.05 bits per heavy atom. The summed E-state index contributed by atoms with van der Waals surface area (Å²) in [6.45, 7) is 8.66. The first-order valence-corrected chi connectivity index (χ1v) is 14.8. The third kappa shape index (κ3) is 4.38. The molecule has 2 aromatic heterocycles. The Bertz CT molecular complexity index is 1230. The van der Waals surface area contributed by atoms with E-state index in [0.29, 0.717) is 16.0 Å². The molecule has 1 saturated carbocycles. The van der Waals surface area contributed by atoms with Crippen molar-refractivity contribution in [2.75, 3.05) is 55.8 Å². The topological polar surface area (TPSA) is 85.3 Å². The second-order valence-electron chi connectivity index (χ2n) is 13.0. The lowest BCUT2D eigenvalue weighted by molar-refractivity contribution is 0.255. The molecule has 0 bridgehead atoms. The van der Waals surface area contributed by atoms with Gasteiger partial charge in [0.15, 0.2) is 0 Å². The molecule has 6 rings (SSSR count). The number of nitriles is 1. The molecule has 8 heteroatoms. The molecule has 198 valence electrons. The second-order valence-corrected chi connectivity index (χ2v) is 14.2. The summed E-state index contributed by atoms with van der Waals surface area (Å²) in [6, 6.07) is 4.66. The van der Waals surface area contributed by atoms with Crippen LogP contribution in [-0.4, -0.2) is 60.7 Å². The van der Waals surface area contributed by atoms with E-state index >= 15 is 0 Å². The van der Waals surface area contributed by atoms with E-state index in [1.807, 2.05) is 0 Å². The van der Waals surface area contributed by atoms with Gasteiger partial charge in [0.05, 0.1) is 5.56 Å². The lowest BCUT2D eigenvalue weighted by atomic mass is 9.66. The van der Waals surface area contributed by atoms with E-state index in [0.717, 1.165) is 74.9 Å². The molecule has 2 aromatic rings. The molecule has 2 aliphatic heterocycles. The van der Waals surface area contributed by atoms with E-state index in [1.54, 1.807) is 11.3 Å². The van der Waals surface area contributed by atoms with Gasteiger partial charge in [-0.2, -0.15) is 5.26 Å². The molecular formula is C29H41N7S. The average molecular weight is 520 g/mol. The summed E-state index contributed by atoms with van der Waals surface area (Å²) >= 11 is 1.63. The van der Waals surface area contributed by atoms with Crippen LogP contribution in [0.4, 0.5) is 16.6 Å². The number of aryl methyl sites for hydroxylation is 2. The van der Waals surface area contributed by atoms with Crippen molar-refractivity contribution in [1.29, 1.82) is 5.26 Å². The van der Waals surface area contributed by atoms with Gasteiger partial charge in [0.2, 0.25) is 0 Å². The van der Waals surface area contributed by atoms with Gasteiger partial charge in [-0.25, -0.2) is 9.97 Å². The van der Waals surface area contributed by atoms with Crippen molar-refractivity contribution in [1.82, 2.24) is 14.9 Å². The van der Waals surface area contributed by atoms with E-state index in [4.69, 9.17) is 15.7 Å². The lowest BCUT2D eigenvalue weighted by Crippen LogP contribution is -2.61. The molecule has 2 saturated heterocycles. The number of piperidine rings is 1. The van der Waals surface area contributed by atoms with Crippen LogP contribution in [0.3, 0.4) is 0 Å². The molecule has 4 heterocycles. The number of anilines is 3. The molecule has 2 aliphatic carbocycles. The minimum atomic E-state index is 0.0359. The highest BCUT2D eigenvalue weighted by molar-refractivity contribution is 7.16. The molecule has 3 fully saturated rings. The van der Waals surface area contributed by atoms with Crippen LogP contribution >= 0.6 is 11.3 Å². The van der Waals surface area contributed by atoms with Crippen LogP contribution in [0.1, 0.15) is 80.6 Å². The highest BCUT2D eigenvalue weighted by Gasteiger charge is 2.50. The zero-order valence-corrected chi connectivity index (χ0v) is 23.8. The molecular weight excluding hydrogens is 478 g/mol. The second kappa shape index (κ2) is 8.84. The monoisotopic (exact) mass is 519 g/mol. The molecule has 0 radical (unpaired) electrons. The Morgan fingerprint density at radius 3 is 2.43 bits per heavy atom. The standard InChI is InChI=1S/C29H41N7S/c1-27(2)9-6-14-35(17-27)23-15-24(33-22(32-23)8-11-29(12-13-29)34(3)4)36-18-28(19-36)10-5-7-21-25(28)20(16-30)26(31)37-21/h15H,5-14,17-19,31H2,1-4H3. The summed E-state index contributed by atoms with van der Waals surface area (Å²) in [5.41, 5.74) is 8.92. The highest BCUT2D eigenvalue weighted by atomic mass is 32.1. The van der Waals surface area contributed by atoms with Crippen molar-refractivity contribution in [3.8, 4) is 6.07 Å². The van der Waals surface area contributed by atoms with Gasteiger partial charge in [-0.1, -0.05) is 13.8 Å². The largest absolute Gasteiger partial charge is 0.389 e. The molecule has 0 atom stereocenters. The van der Waals surface area contributed by atoms with Gasteiger partial charge in [0.1, 0.15) is 28.5 Å². The zero-order chi connectivity index (χ0) is 26.0. The highest BCUT2D eigenvalue weighted by Crippen LogP contribution is 2.51. The maximum atomic E-state index is 9.86. The van der Waals surface area contributed by atoms with Crippen LogP contribution in [0.5, 0.6) is 0 Å². The van der Waals surface area contributed by atoms with Crippen molar-refractivity contribution in [2.45, 2.75) is 82.6 Å². The van der Waals surface area contributed by atoms with Crippen molar-refractivity contribution in [3.05, 3.63) is 27.9 Å². The summed E-state index contributed by atoms with van der Waals surface area (Å²) in [5.74, 6) is 3.12. The molecule has 2 N–H and O–H groups in total. The van der Waals surface area contributed by atoms with Gasteiger partial charge < -0.3 is 20.4 Å². The Morgan fingerprint density at radius 2 is 1.78 bits per heavy atom. The molecule has 0 aromatic carbocycles. The molecule has 1 spiro atoms. The summed E-state index contributed by atoms with van der Waals surface area (Å²) < 4.78 is 0. The number of nitrogens with zero attached hydrogens (tertiary/aromatic N) is 6. The number of aromatic nitrogens is 2.